The van der Waals surface area contributed by atoms with Crippen molar-refractivity contribution < 1.29 is 24.2 Å². The summed E-state index contributed by atoms with van der Waals surface area (Å²) in [6, 6.07) is 0. The van der Waals surface area contributed by atoms with Crippen LogP contribution in [0.1, 0.15) is 39.0 Å². The van der Waals surface area contributed by atoms with E-state index < -0.39 is 17.4 Å². The third-order valence-electron chi connectivity index (χ3n) is 3.58. The van der Waals surface area contributed by atoms with Gasteiger partial charge in [-0.15, -0.1) is 0 Å². The minimum Gasteiger partial charge on any atom is -0.479 e. The average Bonchev–Trinajstić information content (AvgIpc) is 2.38. The number of hydrogen-bond donors (Lipinski definition) is 2. The predicted octanol–water partition coefficient (Wildman–Crippen LogP) is 0.385. The Bertz CT molecular complexity index is 399. The molecule has 1 aliphatic rings. The second-order valence-electron chi connectivity index (χ2n) is 5.60. The molecular formula is C14H24N2O5. The van der Waals surface area contributed by atoms with Gasteiger partial charge in [0, 0.05) is 20.1 Å². The highest BCUT2D eigenvalue weighted by atomic mass is 16.5. The van der Waals surface area contributed by atoms with Crippen LogP contribution in [0.25, 0.3) is 0 Å². The molecule has 7 heteroatoms. The van der Waals surface area contributed by atoms with Gasteiger partial charge in [0.25, 0.3) is 0 Å². The molecule has 0 aromatic rings. The van der Waals surface area contributed by atoms with Crippen molar-refractivity contribution in [2.24, 2.45) is 0 Å². The number of hydrogen-bond acceptors (Lipinski definition) is 4. The standard InChI is InChI=1S/C14H24N2O5/c1-14(10-21-2,13(19)20)15-11(17)9-16-8-6-4-3-5-7-12(16)18/h3-10H2,1-2H3,(H,15,17)(H,19,20). The van der Waals surface area contributed by atoms with E-state index in [0.29, 0.717) is 13.0 Å². The number of ether oxygens (including phenoxy) is 1. The summed E-state index contributed by atoms with van der Waals surface area (Å²) >= 11 is 0. The van der Waals surface area contributed by atoms with Gasteiger partial charge in [-0.2, -0.15) is 0 Å². The lowest BCUT2D eigenvalue weighted by atomic mass is 10.0. The average molecular weight is 300 g/mol. The first kappa shape index (κ1) is 17.4. The molecule has 1 unspecified atom stereocenters. The molecule has 1 aliphatic heterocycles. The molecule has 0 aromatic carbocycles. The van der Waals surface area contributed by atoms with Crippen LogP contribution in [-0.2, 0) is 19.1 Å². The van der Waals surface area contributed by atoms with Crippen LogP contribution in [0.15, 0.2) is 0 Å². The quantitative estimate of drug-likeness (QED) is 0.739. The number of likely N-dealkylation sites (tertiary alicyclic amines) is 1. The minimum atomic E-state index is -1.49. The zero-order valence-electron chi connectivity index (χ0n) is 12.7. The summed E-state index contributed by atoms with van der Waals surface area (Å²) in [5.74, 6) is -1.70. The minimum absolute atomic E-state index is 0.0476. The summed E-state index contributed by atoms with van der Waals surface area (Å²) in [7, 11) is 1.37. The number of amides is 2. The number of nitrogens with one attached hydrogen (secondary N) is 1. The van der Waals surface area contributed by atoms with E-state index in [2.05, 4.69) is 5.32 Å². The van der Waals surface area contributed by atoms with Crippen molar-refractivity contribution in [1.29, 1.82) is 0 Å². The predicted molar refractivity (Wildman–Crippen MR) is 75.7 cm³/mol. The summed E-state index contributed by atoms with van der Waals surface area (Å²) in [6.07, 6.45) is 4.24. The van der Waals surface area contributed by atoms with Crippen molar-refractivity contribution in [2.45, 2.75) is 44.6 Å². The Hall–Kier alpha value is -1.63. The topological polar surface area (TPSA) is 95.9 Å². The van der Waals surface area contributed by atoms with Crippen molar-refractivity contribution >= 4 is 17.8 Å². The highest BCUT2D eigenvalue weighted by Crippen LogP contribution is 2.12. The molecular weight excluding hydrogens is 276 g/mol. The third-order valence-corrected chi connectivity index (χ3v) is 3.58. The monoisotopic (exact) mass is 300 g/mol. The van der Waals surface area contributed by atoms with Gasteiger partial charge in [-0.3, -0.25) is 9.59 Å². The molecule has 2 N–H and O–H groups in total. The molecule has 0 saturated carbocycles. The molecule has 1 saturated heterocycles. The Labute approximate surface area is 124 Å². The van der Waals surface area contributed by atoms with Crippen LogP contribution in [0.2, 0.25) is 0 Å². The lowest BCUT2D eigenvalue weighted by molar-refractivity contribution is -0.149. The number of carbonyl (C=O) groups is 3. The number of carboxylic acids is 1. The number of nitrogens with zero attached hydrogens (tertiary/aromatic N) is 1. The molecule has 0 aliphatic carbocycles. The third kappa shape index (κ3) is 5.34. The molecule has 120 valence electrons. The molecule has 0 radical (unpaired) electrons. The Morgan fingerprint density at radius 1 is 1.33 bits per heavy atom. The van der Waals surface area contributed by atoms with E-state index in [1.54, 1.807) is 0 Å². The van der Waals surface area contributed by atoms with E-state index in [4.69, 9.17) is 4.74 Å². The first-order chi connectivity index (χ1) is 9.89. The van der Waals surface area contributed by atoms with Gasteiger partial charge in [-0.05, 0) is 19.8 Å². The first-order valence-corrected chi connectivity index (χ1v) is 7.20. The lowest BCUT2D eigenvalue weighted by Gasteiger charge is -2.28. The summed E-state index contributed by atoms with van der Waals surface area (Å²) in [4.78, 5) is 36.7. The SMILES string of the molecule is COCC(C)(NC(=O)CN1CCCCCCC1=O)C(=O)O. The van der Waals surface area contributed by atoms with Gasteiger partial charge >= 0.3 is 5.97 Å². The van der Waals surface area contributed by atoms with Crippen LogP contribution < -0.4 is 5.32 Å². The summed E-state index contributed by atoms with van der Waals surface area (Å²) < 4.78 is 4.84. The Morgan fingerprint density at radius 2 is 2.00 bits per heavy atom. The van der Waals surface area contributed by atoms with E-state index in [-0.39, 0.29) is 19.1 Å². The van der Waals surface area contributed by atoms with Gasteiger partial charge in [0.05, 0.1) is 13.2 Å². The largest absolute Gasteiger partial charge is 0.479 e. The number of aliphatic carboxylic acids is 1. The second kappa shape index (κ2) is 7.97. The second-order valence-corrected chi connectivity index (χ2v) is 5.60. The maximum absolute atomic E-state index is 12.0. The van der Waals surface area contributed by atoms with Crippen molar-refractivity contribution in [3.8, 4) is 0 Å². The van der Waals surface area contributed by atoms with E-state index in [1.807, 2.05) is 0 Å². The molecule has 0 aromatic heterocycles. The molecule has 0 spiro atoms. The zero-order chi connectivity index (χ0) is 15.9. The Morgan fingerprint density at radius 3 is 2.62 bits per heavy atom. The summed E-state index contributed by atoms with van der Waals surface area (Å²) in [6.45, 7) is 1.68. The van der Waals surface area contributed by atoms with Crippen molar-refractivity contribution in [3.05, 3.63) is 0 Å². The fourth-order valence-corrected chi connectivity index (χ4v) is 2.34. The summed E-state index contributed by atoms with van der Waals surface area (Å²) in [5.41, 5.74) is -1.49. The maximum atomic E-state index is 12.0. The highest BCUT2D eigenvalue weighted by molar-refractivity contribution is 5.89. The molecule has 7 nitrogen and oxygen atoms in total. The van der Waals surface area contributed by atoms with E-state index in [0.717, 1.165) is 25.7 Å². The smallest absolute Gasteiger partial charge is 0.331 e. The van der Waals surface area contributed by atoms with Crippen LogP contribution in [0.4, 0.5) is 0 Å². The van der Waals surface area contributed by atoms with Gasteiger partial charge in [0.2, 0.25) is 11.8 Å². The van der Waals surface area contributed by atoms with Gasteiger partial charge in [-0.25, -0.2) is 4.79 Å². The number of methoxy groups -OCH3 is 1. The fourth-order valence-electron chi connectivity index (χ4n) is 2.34. The molecule has 1 fully saturated rings. The molecule has 0 bridgehead atoms. The fraction of sp³-hybridized carbons (Fsp3) is 0.786. The van der Waals surface area contributed by atoms with Crippen molar-refractivity contribution in [2.75, 3.05) is 26.8 Å². The van der Waals surface area contributed by atoms with Crippen LogP contribution >= 0.6 is 0 Å². The number of rotatable bonds is 6. The maximum Gasteiger partial charge on any atom is 0.331 e. The molecule has 1 atom stereocenters. The van der Waals surface area contributed by atoms with Crippen LogP contribution in [-0.4, -0.2) is 60.1 Å². The van der Waals surface area contributed by atoms with Crippen LogP contribution in [0.5, 0.6) is 0 Å². The van der Waals surface area contributed by atoms with Gasteiger partial charge in [-0.1, -0.05) is 12.8 Å². The normalized spacial score (nSPS) is 19.3. The summed E-state index contributed by atoms with van der Waals surface area (Å²) in [5, 5.41) is 11.6. The highest BCUT2D eigenvalue weighted by Gasteiger charge is 2.35. The van der Waals surface area contributed by atoms with E-state index in [1.165, 1.54) is 18.9 Å². The zero-order valence-corrected chi connectivity index (χ0v) is 12.7. The lowest BCUT2D eigenvalue weighted by Crippen LogP contribution is -2.57. The van der Waals surface area contributed by atoms with E-state index in [9.17, 15) is 19.5 Å². The van der Waals surface area contributed by atoms with Gasteiger partial charge in [0.15, 0.2) is 5.54 Å². The number of carbonyl (C=O) groups excluding carboxylic acids is 2. The van der Waals surface area contributed by atoms with Gasteiger partial charge < -0.3 is 20.1 Å². The van der Waals surface area contributed by atoms with Gasteiger partial charge in [0.1, 0.15) is 0 Å². The number of carboxylic acid groups (broad SMARTS) is 1. The Kier molecular flexibility index (Phi) is 6.61. The first-order valence-electron chi connectivity index (χ1n) is 7.20. The van der Waals surface area contributed by atoms with Crippen LogP contribution in [0, 0.1) is 0 Å². The van der Waals surface area contributed by atoms with Crippen molar-refractivity contribution in [3.63, 3.8) is 0 Å². The molecule has 1 rings (SSSR count). The van der Waals surface area contributed by atoms with Crippen molar-refractivity contribution in [1.82, 2.24) is 10.2 Å². The van der Waals surface area contributed by atoms with E-state index >= 15 is 0 Å². The van der Waals surface area contributed by atoms with Crippen LogP contribution in [0.3, 0.4) is 0 Å². The Balaban J connectivity index is 2.61. The molecule has 21 heavy (non-hydrogen) atoms. The molecule has 1 heterocycles. The molecule has 2 amide bonds.